The number of ether oxygens (including phenoxy) is 1. The van der Waals surface area contributed by atoms with Gasteiger partial charge in [-0.1, -0.05) is 0 Å². The number of nitro benzene ring substituents is 1. The number of nitro groups is 1. The standard InChI is InChI=1S/C19H25N5O6S.CHF3O3S/c1-12-9-21(18(20)26)6-7-22(12)17(25)16-8-15(31)10-23(16)19(27)30-11-13-2-4-14(5-3-13)24(28)29;2-1(3,4)8(5,6)7/h2-5,12,15-16,31H,6-11H2,1H3,(H2,20,26);(H,5,6,7)/t12?,15-,16-;/m0./s1. The van der Waals surface area contributed by atoms with E-state index in [1.807, 2.05) is 6.92 Å². The first-order valence-corrected chi connectivity index (χ1v) is 13.1. The number of benzene rings is 1. The summed E-state index contributed by atoms with van der Waals surface area (Å²) in [6.07, 6.45) is -0.242. The molecule has 3 rings (SSSR count). The molecule has 4 amide bonds. The summed E-state index contributed by atoms with van der Waals surface area (Å²) in [6.45, 7) is 3.04. The number of alkyl halides is 3. The lowest BCUT2D eigenvalue weighted by atomic mass is 10.1. The molecule has 1 aromatic rings. The molecule has 19 heteroatoms. The lowest BCUT2D eigenvalue weighted by Gasteiger charge is -2.41. The van der Waals surface area contributed by atoms with Crippen LogP contribution in [0.3, 0.4) is 0 Å². The fraction of sp³-hybridized carbons (Fsp3) is 0.550. The van der Waals surface area contributed by atoms with Crippen molar-refractivity contribution in [2.24, 2.45) is 5.73 Å². The van der Waals surface area contributed by atoms with E-state index in [0.717, 1.165) is 0 Å². The van der Waals surface area contributed by atoms with Gasteiger partial charge in [0.25, 0.3) is 5.69 Å². The predicted molar refractivity (Wildman–Crippen MR) is 131 cm³/mol. The number of primary amides is 1. The number of nitrogens with zero attached hydrogens (tertiary/aromatic N) is 4. The van der Waals surface area contributed by atoms with Crippen LogP contribution in [-0.2, 0) is 26.3 Å². The monoisotopic (exact) mass is 601 g/mol. The molecule has 3 N–H and O–H groups in total. The molecular weight excluding hydrogens is 575 g/mol. The van der Waals surface area contributed by atoms with Gasteiger partial charge in [-0.05, 0) is 31.0 Å². The van der Waals surface area contributed by atoms with Gasteiger partial charge in [0.2, 0.25) is 5.91 Å². The molecule has 39 heavy (non-hydrogen) atoms. The Hall–Kier alpha value is -3.32. The number of hydrogen-bond acceptors (Lipinski definition) is 9. The second-order valence-electron chi connectivity index (χ2n) is 8.62. The molecule has 0 bridgehead atoms. The molecule has 2 aliphatic heterocycles. The van der Waals surface area contributed by atoms with Gasteiger partial charge in [-0.25, -0.2) is 9.59 Å². The number of carbonyl (C=O) groups is 3. The van der Waals surface area contributed by atoms with Crippen molar-refractivity contribution in [3.63, 3.8) is 0 Å². The number of non-ortho nitro benzene ring substituents is 1. The summed E-state index contributed by atoms with van der Waals surface area (Å²) in [5.41, 5.74) is 0.338. The van der Waals surface area contributed by atoms with E-state index in [2.05, 4.69) is 12.6 Å². The van der Waals surface area contributed by atoms with E-state index >= 15 is 0 Å². The Labute approximate surface area is 226 Å². The average molecular weight is 602 g/mol. The van der Waals surface area contributed by atoms with Gasteiger partial charge in [-0.3, -0.25) is 24.4 Å². The molecule has 0 aromatic heterocycles. The van der Waals surface area contributed by atoms with Gasteiger partial charge in [0.1, 0.15) is 12.6 Å². The number of urea groups is 1. The topological polar surface area (TPSA) is 194 Å². The molecule has 218 valence electrons. The Morgan fingerprint density at radius 1 is 1.18 bits per heavy atom. The first-order chi connectivity index (χ1) is 17.9. The first-order valence-electron chi connectivity index (χ1n) is 11.2. The zero-order valence-electron chi connectivity index (χ0n) is 20.4. The van der Waals surface area contributed by atoms with Gasteiger partial charge in [-0.2, -0.15) is 34.2 Å². The highest BCUT2D eigenvalue weighted by molar-refractivity contribution is 7.86. The highest BCUT2D eigenvalue weighted by Gasteiger charge is 2.45. The van der Waals surface area contributed by atoms with Crippen molar-refractivity contribution < 1.29 is 50.2 Å². The van der Waals surface area contributed by atoms with Gasteiger partial charge in [-0.15, -0.1) is 0 Å². The van der Waals surface area contributed by atoms with Crippen molar-refractivity contribution in [1.82, 2.24) is 14.7 Å². The Morgan fingerprint density at radius 3 is 2.21 bits per heavy atom. The van der Waals surface area contributed by atoms with E-state index in [1.54, 1.807) is 4.90 Å². The van der Waals surface area contributed by atoms with Crippen molar-refractivity contribution >= 4 is 46.5 Å². The van der Waals surface area contributed by atoms with E-state index in [4.69, 9.17) is 23.4 Å². The number of amides is 4. The number of thiol groups is 1. The second-order valence-corrected chi connectivity index (χ2v) is 10.8. The summed E-state index contributed by atoms with van der Waals surface area (Å²) in [7, 11) is -5.84. The second kappa shape index (κ2) is 12.7. The predicted octanol–water partition coefficient (Wildman–Crippen LogP) is 1.61. The molecule has 2 heterocycles. The van der Waals surface area contributed by atoms with Gasteiger partial charge in [0, 0.05) is 49.6 Å². The number of nitrogens with two attached hydrogens (primary N) is 1. The number of carbonyl (C=O) groups excluding carboxylic acids is 3. The van der Waals surface area contributed by atoms with E-state index in [9.17, 15) is 37.7 Å². The third-order valence-corrected chi connectivity index (χ3v) is 6.78. The molecule has 2 fully saturated rings. The van der Waals surface area contributed by atoms with Crippen LogP contribution in [0.4, 0.5) is 28.4 Å². The van der Waals surface area contributed by atoms with Crippen LogP contribution in [0.1, 0.15) is 18.9 Å². The SMILES string of the molecule is CC1CN(C(N)=O)CCN1C(=O)[C@@H]1C[C@H](S)CN1C(=O)OCc1ccc([N+](=O)[O-])cc1.O=S(=O)(O)C(F)(F)F. The summed E-state index contributed by atoms with van der Waals surface area (Å²) < 4.78 is 62.9. The van der Waals surface area contributed by atoms with Gasteiger partial charge in [0.15, 0.2) is 0 Å². The maximum atomic E-state index is 13.2. The quantitative estimate of drug-likeness (QED) is 0.151. The van der Waals surface area contributed by atoms with Crippen LogP contribution in [0.25, 0.3) is 0 Å². The fourth-order valence-electron chi connectivity index (χ4n) is 3.87. The molecule has 0 aliphatic carbocycles. The molecular formula is C20H26F3N5O9S2. The van der Waals surface area contributed by atoms with Crippen LogP contribution in [0.2, 0.25) is 0 Å². The van der Waals surface area contributed by atoms with Crippen molar-refractivity contribution in [2.45, 2.75) is 42.8 Å². The molecule has 3 atom stereocenters. The largest absolute Gasteiger partial charge is 0.522 e. The number of halogens is 3. The Kier molecular flexibility index (Phi) is 10.4. The van der Waals surface area contributed by atoms with E-state index in [-0.39, 0.29) is 36.0 Å². The minimum atomic E-state index is -5.84. The Bertz CT molecular complexity index is 1180. The van der Waals surface area contributed by atoms with Crippen molar-refractivity contribution in [1.29, 1.82) is 0 Å². The molecule has 2 aliphatic rings. The summed E-state index contributed by atoms with van der Waals surface area (Å²) in [5, 5.41) is 10.6. The smallest absolute Gasteiger partial charge is 0.445 e. The minimum absolute atomic E-state index is 0.0521. The zero-order valence-corrected chi connectivity index (χ0v) is 22.1. The first kappa shape index (κ1) is 31.9. The Morgan fingerprint density at radius 2 is 1.74 bits per heavy atom. The molecule has 1 unspecified atom stereocenters. The van der Waals surface area contributed by atoms with Crippen LogP contribution in [-0.4, -0.2) is 99.6 Å². The normalized spacial score (nSPS) is 21.6. The maximum absolute atomic E-state index is 13.2. The van der Waals surface area contributed by atoms with Gasteiger partial charge in [0.05, 0.1) is 4.92 Å². The van der Waals surface area contributed by atoms with E-state index in [0.29, 0.717) is 31.6 Å². The number of piperazine rings is 1. The summed E-state index contributed by atoms with van der Waals surface area (Å²) >= 11 is 4.44. The number of hydrogen-bond donors (Lipinski definition) is 3. The summed E-state index contributed by atoms with van der Waals surface area (Å²) in [4.78, 5) is 52.0. The lowest BCUT2D eigenvalue weighted by molar-refractivity contribution is -0.384. The van der Waals surface area contributed by atoms with Crippen LogP contribution in [0, 0.1) is 10.1 Å². The fourth-order valence-corrected chi connectivity index (χ4v) is 4.24. The zero-order chi connectivity index (χ0) is 29.7. The Balaban J connectivity index is 0.000000580. The highest BCUT2D eigenvalue weighted by atomic mass is 32.2. The molecule has 0 spiro atoms. The average Bonchev–Trinajstić information content (AvgIpc) is 3.23. The molecule has 1 aromatic carbocycles. The highest BCUT2D eigenvalue weighted by Crippen LogP contribution is 2.26. The molecule has 14 nitrogen and oxygen atoms in total. The van der Waals surface area contributed by atoms with Crippen LogP contribution < -0.4 is 5.73 Å². The third-order valence-electron chi connectivity index (χ3n) is 5.82. The van der Waals surface area contributed by atoms with E-state index < -0.39 is 38.7 Å². The minimum Gasteiger partial charge on any atom is -0.445 e. The maximum Gasteiger partial charge on any atom is 0.522 e. The van der Waals surface area contributed by atoms with E-state index in [1.165, 1.54) is 34.1 Å². The molecule has 2 saturated heterocycles. The number of likely N-dealkylation sites (tertiary alicyclic amines) is 1. The lowest BCUT2D eigenvalue weighted by Crippen LogP contribution is -2.59. The van der Waals surface area contributed by atoms with Crippen LogP contribution >= 0.6 is 12.6 Å². The summed E-state index contributed by atoms with van der Waals surface area (Å²) in [5.74, 6) is -0.208. The van der Waals surface area contributed by atoms with Crippen LogP contribution in [0.5, 0.6) is 0 Å². The number of rotatable bonds is 4. The van der Waals surface area contributed by atoms with Crippen molar-refractivity contribution in [2.75, 3.05) is 26.2 Å². The molecule has 0 radical (unpaired) electrons. The van der Waals surface area contributed by atoms with Crippen molar-refractivity contribution in [3.8, 4) is 0 Å². The summed E-state index contributed by atoms with van der Waals surface area (Å²) in [6, 6.07) is 4.25. The van der Waals surface area contributed by atoms with Gasteiger partial charge < -0.3 is 20.3 Å². The van der Waals surface area contributed by atoms with Gasteiger partial charge >= 0.3 is 27.8 Å². The third kappa shape index (κ3) is 8.59. The van der Waals surface area contributed by atoms with Crippen LogP contribution in [0.15, 0.2) is 24.3 Å². The molecule has 0 saturated carbocycles. The van der Waals surface area contributed by atoms with Crippen molar-refractivity contribution in [3.05, 3.63) is 39.9 Å².